The first-order valence-corrected chi connectivity index (χ1v) is 7.05. The van der Waals surface area contributed by atoms with Gasteiger partial charge in [-0.1, -0.05) is 17.7 Å². The average molecular weight is 275 g/mol. The molecule has 1 aromatic carbocycles. The molecular weight excluding hydrogens is 262 g/mol. The first kappa shape index (κ1) is 12.2. The average Bonchev–Trinajstić information content (AvgIpc) is 3.03. The third-order valence-electron chi connectivity index (χ3n) is 2.81. The van der Waals surface area contributed by atoms with E-state index in [1.165, 1.54) is 0 Å². The molecule has 2 heterocycles. The molecule has 0 fully saturated rings. The highest BCUT2D eigenvalue weighted by Crippen LogP contribution is 2.26. The Morgan fingerprint density at radius 3 is 2.74 bits per heavy atom. The Bertz CT molecular complexity index is 617. The maximum absolute atomic E-state index is 11.9. The summed E-state index contributed by atoms with van der Waals surface area (Å²) in [6.07, 6.45) is 3.36. The standard InChI is InChI=1S/C14H13NO3S/c1-10-4-6-11(7-5-10)18-14-9-12(15-19(14)16)13-3-2-8-17-13/h2-9,12,15H,1H3/t12-,19?/m1/s1. The van der Waals surface area contributed by atoms with Gasteiger partial charge in [0.25, 0.3) is 0 Å². The first-order valence-electron chi connectivity index (χ1n) is 5.90. The SMILES string of the molecule is Cc1ccc(OC2=C[C@H](c3ccco3)NS2=O)cc1. The van der Waals surface area contributed by atoms with E-state index >= 15 is 0 Å². The second kappa shape index (κ2) is 5.03. The van der Waals surface area contributed by atoms with Gasteiger partial charge < -0.3 is 9.15 Å². The van der Waals surface area contributed by atoms with E-state index in [4.69, 9.17) is 9.15 Å². The van der Waals surface area contributed by atoms with Crippen molar-refractivity contribution in [3.8, 4) is 5.75 Å². The lowest BCUT2D eigenvalue weighted by Crippen LogP contribution is -2.16. The fourth-order valence-corrected chi connectivity index (χ4v) is 2.77. The van der Waals surface area contributed by atoms with Crippen LogP contribution in [0.15, 0.2) is 58.2 Å². The lowest BCUT2D eigenvalue weighted by molar-refractivity contribution is 0.456. The van der Waals surface area contributed by atoms with Crippen molar-refractivity contribution < 1.29 is 13.4 Å². The van der Waals surface area contributed by atoms with Gasteiger partial charge in [-0.2, -0.15) is 0 Å². The van der Waals surface area contributed by atoms with Crippen molar-refractivity contribution in [1.29, 1.82) is 0 Å². The third kappa shape index (κ3) is 2.62. The number of furan rings is 1. The van der Waals surface area contributed by atoms with E-state index in [-0.39, 0.29) is 6.04 Å². The van der Waals surface area contributed by atoms with Crippen LogP contribution < -0.4 is 9.46 Å². The van der Waals surface area contributed by atoms with Crippen LogP contribution >= 0.6 is 0 Å². The van der Waals surface area contributed by atoms with Gasteiger partial charge in [0.2, 0.25) is 5.09 Å². The third-order valence-corrected chi connectivity index (χ3v) is 3.86. The van der Waals surface area contributed by atoms with E-state index in [1.54, 1.807) is 18.4 Å². The molecule has 1 unspecified atom stereocenters. The molecule has 1 aliphatic heterocycles. The zero-order chi connectivity index (χ0) is 13.2. The molecule has 19 heavy (non-hydrogen) atoms. The molecule has 0 radical (unpaired) electrons. The van der Waals surface area contributed by atoms with Gasteiger partial charge in [0, 0.05) is 0 Å². The summed E-state index contributed by atoms with van der Waals surface area (Å²) in [4.78, 5) is 0. The molecule has 0 bridgehead atoms. The highest BCUT2D eigenvalue weighted by molar-refractivity contribution is 7.87. The molecule has 0 amide bonds. The van der Waals surface area contributed by atoms with Gasteiger partial charge >= 0.3 is 0 Å². The van der Waals surface area contributed by atoms with Gasteiger partial charge in [0.05, 0.1) is 6.26 Å². The summed E-state index contributed by atoms with van der Waals surface area (Å²) in [6, 6.07) is 11.0. The van der Waals surface area contributed by atoms with E-state index in [0.29, 0.717) is 10.8 Å². The Morgan fingerprint density at radius 2 is 2.05 bits per heavy atom. The molecule has 4 nitrogen and oxygen atoms in total. The molecule has 0 saturated carbocycles. The van der Waals surface area contributed by atoms with E-state index in [0.717, 1.165) is 11.3 Å². The van der Waals surface area contributed by atoms with Crippen LogP contribution in [0.4, 0.5) is 0 Å². The number of ether oxygens (including phenoxy) is 1. The normalized spacial score (nSPS) is 22.3. The maximum Gasteiger partial charge on any atom is 0.204 e. The number of aryl methyl sites for hydroxylation is 1. The van der Waals surface area contributed by atoms with E-state index < -0.39 is 11.0 Å². The Hall–Kier alpha value is -1.85. The Morgan fingerprint density at radius 1 is 1.26 bits per heavy atom. The molecule has 1 N–H and O–H groups in total. The first-order chi connectivity index (χ1) is 9.22. The number of nitrogens with one attached hydrogen (secondary N) is 1. The minimum Gasteiger partial charge on any atom is -0.467 e. The molecule has 2 atom stereocenters. The summed E-state index contributed by atoms with van der Waals surface area (Å²) >= 11 is 0. The van der Waals surface area contributed by atoms with Crippen LogP contribution in [0.25, 0.3) is 0 Å². The Balaban J connectivity index is 1.79. The van der Waals surface area contributed by atoms with Crippen LogP contribution in [0.1, 0.15) is 17.4 Å². The summed E-state index contributed by atoms with van der Waals surface area (Å²) in [7, 11) is -1.35. The molecule has 0 saturated heterocycles. The fourth-order valence-electron chi connectivity index (χ4n) is 1.81. The smallest absolute Gasteiger partial charge is 0.204 e. The minimum absolute atomic E-state index is 0.212. The van der Waals surface area contributed by atoms with E-state index in [2.05, 4.69) is 4.72 Å². The molecule has 98 valence electrons. The number of benzene rings is 1. The van der Waals surface area contributed by atoms with Gasteiger partial charge in [-0.3, -0.25) is 0 Å². The summed E-state index contributed by atoms with van der Waals surface area (Å²) in [5.41, 5.74) is 1.15. The summed E-state index contributed by atoms with van der Waals surface area (Å²) < 4.78 is 25.7. The van der Waals surface area contributed by atoms with Crippen molar-refractivity contribution >= 4 is 11.0 Å². The van der Waals surface area contributed by atoms with Crippen molar-refractivity contribution in [2.45, 2.75) is 13.0 Å². The van der Waals surface area contributed by atoms with Crippen LogP contribution in [-0.2, 0) is 11.0 Å². The van der Waals surface area contributed by atoms with Crippen molar-refractivity contribution in [2.24, 2.45) is 0 Å². The fraction of sp³-hybridized carbons (Fsp3) is 0.143. The zero-order valence-corrected chi connectivity index (χ0v) is 11.1. The van der Waals surface area contributed by atoms with E-state index in [1.807, 2.05) is 37.3 Å². The molecule has 5 heteroatoms. The molecular formula is C14H13NO3S. The highest BCUT2D eigenvalue weighted by atomic mass is 32.2. The van der Waals surface area contributed by atoms with Crippen molar-refractivity contribution in [3.05, 3.63) is 65.2 Å². The van der Waals surface area contributed by atoms with Crippen LogP contribution in [0, 0.1) is 6.92 Å². The van der Waals surface area contributed by atoms with Gasteiger partial charge in [0.15, 0.2) is 11.0 Å². The topological polar surface area (TPSA) is 51.5 Å². The molecule has 1 aromatic heterocycles. The minimum atomic E-state index is -1.35. The van der Waals surface area contributed by atoms with Crippen LogP contribution in [0.3, 0.4) is 0 Å². The van der Waals surface area contributed by atoms with Gasteiger partial charge in [-0.15, -0.1) is 0 Å². The summed E-state index contributed by atoms with van der Waals surface area (Å²) in [5, 5.41) is 0.408. The Kier molecular flexibility index (Phi) is 3.23. The molecule has 1 aliphatic rings. The predicted octanol–water partition coefficient (Wildman–Crippen LogP) is 2.82. The molecule has 3 rings (SSSR count). The van der Waals surface area contributed by atoms with Gasteiger partial charge in [-0.25, -0.2) is 8.93 Å². The van der Waals surface area contributed by atoms with Gasteiger partial charge in [0.1, 0.15) is 17.6 Å². The van der Waals surface area contributed by atoms with Crippen LogP contribution in [-0.4, -0.2) is 4.21 Å². The lowest BCUT2D eigenvalue weighted by atomic mass is 10.2. The second-order valence-corrected chi connectivity index (χ2v) is 5.46. The maximum atomic E-state index is 11.9. The monoisotopic (exact) mass is 275 g/mol. The van der Waals surface area contributed by atoms with Crippen molar-refractivity contribution in [3.63, 3.8) is 0 Å². The van der Waals surface area contributed by atoms with Crippen molar-refractivity contribution in [2.75, 3.05) is 0 Å². The molecule has 2 aromatic rings. The lowest BCUT2D eigenvalue weighted by Gasteiger charge is -2.05. The highest BCUT2D eigenvalue weighted by Gasteiger charge is 2.26. The number of hydrogen-bond acceptors (Lipinski definition) is 3. The largest absolute Gasteiger partial charge is 0.467 e. The predicted molar refractivity (Wildman–Crippen MR) is 72.6 cm³/mol. The molecule has 0 spiro atoms. The number of rotatable bonds is 3. The van der Waals surface area contributed by atoms with E-state index in [9.17, 15) is 4.21 Å². The number of hydrogen-bond donors (Lipinski definition) is 1. The second-order valence-electron chi connectivity index (χ2n) is 4.28. The summed E-state index contributed by atoms with van der Waals surface area (Å²) in [6.45, 7) is 2.01. The van der Waals surface area contributed by atoms with Gasteiger partial charge in [-0.05, 0) is 37.3 Å². The zero-order valence-electron chi connectivity index (χ0n) is 10.3. The quantitative estimate of drug-likeness (QED) is 0.937. The molecule has 0 aliphatic carbocycles. The van der Waals surface area contributed by atoms with Crippen LogP contribution in [0.2, 0.25) is 0 Å². The Labute approximate surface area is 113 Å². The van der Waals surface area contributed by atoms with Crippen molar-refractivity contribution in [1.82, 2.24) is 4.72 Å². The summed E-state index contributed by atoms with van der Waals surface area (Å²) in [5.74, 6) is 1.39. The van der Waals surface area contributed by atoms with Crippen LogP contribution in [0.5, 0.6) is 5.75 Å².